The van der Waals surface area contributed by atoms with Crippen molar-refractivity contribution in [2.75, 3.05) is 5.32 Å². The average Bonchev–Trinajstić information content (AvgIpc) is 2.97. The number of hydrogen-bond donors (Lipinski definition) is 1. The molecule has 228 valence electrons. The zero-order valence-corrected chi connectivity index (χ0v) is 23.8. The minimum atomic E-state index is -3.29. The van der Waals surface area contributed by atoms with Gasteiger partial charge in [-0.25, -0.2) is 32.1 Å². The van der Waals surface area contributed by atoms with E-state index in [0.29, 0.717) is 37.7 Å². The molecule has 0 aliphatic rings. The Morgan fingerprint density at radius 1 is 0.841 bits per heavy atom. The minimum absolute atomic E-state index is 0.126. The van der Waals surface area contributed by atoms with Crippen LogP contribution < -0.4 is 16.4 Å². The lowest BCUT2D eigenvalue weighted by Crippen LogP contribution is -2.24. The van der Waals surface area contributed by atoms with Crippen molar-refractivity contribution in [3.05, 3.63) is 109 Å². The van der Waals surface area contributed by atoms with Gasteiger partial charge in [0.2, 0.25) is 0 Å². The Bertz CT molecular complexity index is 2020. The van der Waals surface area contributed by atoms with Crippen LogP contribution in [0.5, 0.6) is 0 Å². The number of nitrogens with one attached hydrogen (secondary N) is 1. The number of nitrogens with zero attached hydrogens (tertiary/aromatic N) is 4. The molecule has 5 rings (SSSR count). The predicted molar refractivity (Wildman–Crippen MR) is 154 cm³/mol. The maximum Gasteiger partial charge on any atom is 0.321 e. The van der Waals surface area contributed by atoms with E-state index >= 15 is 0 Å². The molecule has 0 bridgehead atoms. The summed E-state index contributed by atoms with van der Waals surface area (Å²) in [5.41, 5.74) is -0.830. The van der Waals surface area contributed by atoms with E-state index < -0.39 is 47.3 Å². The highest BCUT2D eigenvalue weighted by molar-refractivity contribution is 5.89. The molecule has 0 spiro atoms. The van der Waals surface area contributed by atoms with Crippen molar-refractivity contribution < 1.29 is 26.3 Å². The number of rotatable bonds is 7. The number of alkyl halides is 4. The van der Waals surface area contributed by atoms with E-state index in [1.165, 1.54) is 43.1 Å². The first-order valence-electron chi connectivity index (χ1n) is 13.3. The molecule has 7 nitrogen and oxygen atoms in total. The van der Waals surface area contributed by atoms with Gasteiger partial charge < -0.3 is 9.88 Å². The number of aryl methyl sites for hydroxylation is 2. The van der Waals surface area contributed by atoms with Gasteiger partial charge in [0.15, 0.2) is 17.5 Å². The van der Waals surface area contributed by atoms with Crippen LogP contribution in [0.1, 0.15) is 48.2 Å². The first-order valence-corrected chi connectivity index (χ1v) is 13.3. The average molecular weight is 614 g/mol. The predicted octanol–water partition coefficient (Wildman–Crippen LogP) is 7.23. The van der Waals surface area contributed by atoms with Crippen LogP contribution in [0.25, 0.3) is 33.5 Å². The van der Waals surface area contributed by atoms with E-state index in [1.54, 1.807) is 32.0 Å². The summed E-state index contributed by atoms with van der Waals surface area (Å²) in [7, 11) is 1.53. The van der Waals surface area contributed by atoms with E-state index in [9.17, 15) is 35.9 Å². The maximum atomic E-state index is 14.3. The molecule has 0 aliphatic carbocycles. The van der Waals surface area contributed by atoms with Crippen molar-refractivity contribution in [2.24, 2.45) is 7.05 Å². The number of benzene rings is 2. The molecule has 2 aromatic carbocycles. The molecule has 0 fully saturated rings. The van der Waals surface area contributed by atoms with Crippen molar-refractivity contribution >= 4 is 16.5 Å². The Morgan fingerprint density at radius 3 is 2.16 bits per heavy atom. The molecule has 1 N–H and O–H groups in total. The summed E-state index contributed by atoms with van der Waals surface area (Å²) in [5.74, 6) is -3.18. The van der Waals surface area contributed by atoms with E-state index in [2.05, 4.69) is 15.3 Å². The van der Waals surface area contributed by atoms with Gasteiger partial charge >= 0.3 is 6.55 Å². The van der Waals surface area contributed by atoms with Crippen LogP contribution in [0.3, 0.4) is 0 Å². The lowest BCUT2D eigenvalue weighted by molar-refractivity contribution is 0.0678. The van der Waals surface area contributed by atoms with Crippen LogP contribution in [0.4, 0.5) is 32.0 Å². The van der Waals surface area contributed by atoms with Gasteiger partial charge in [0.25, 0.3) is 17.5 Å². The fourth-order valence-electron chi connectivity index (χ4n) is 5.16. The van der Waals surface area contributed by atoms with Crippen molar-refractivity contribution in [3.8, 4) is 22.8 Å². The molecule has 0 amide bonds. The number of aromatic nitrogens is 4. The molecule has 13 heteroatoms. The third kappa shape index (κ3) is 5.33. The smallest absolute Gasteiger partial charge is 0.321 e. The van der Waals surface area contributed by atoms with Crippen LogP contribution in [0.2, 0.25) is 0 Å². The molecule has 1 unspecified atom stereocenters. The molecule has 3 aromatic heterocycles. The van der Waals surface area contributed by atoms with Gasteiger partial charge in [-0.05, 0) is 67.6 Å². The van der Waals surface area contributed by atoms with Crippen LogP contribution in [0.15, 0.2) is 64.4 Å². The van der Waals surface area contributed by atoms with E-state index in [1.807, 2.05) is 0 Å². The SMILES string of the molecule is Cc1cc(C(C)Nc2ccc(F)c(F)c2C(F)F)c2cc(-c3cnc(-c4ccc(C)c(=O)n4C(F)F)nc3)n(C)c(=O)c2c1. The Kier molecular flexibility index (Phi) is 8.06. The third-order valence-corrected chi connectivity index (χ3v) is 7.40. The number of anilines is 1. The molecule has 0 radical (unpaired) electrons. The zero-order valence-electron chi connectivity index (χ0n) is 23.8. The second-order valence-electron chi connectivity index (χ2n) is 10.3. The fraction of sp³-hybridized carbons (Fsp3) is 0.226. The molecule has 5 aromatic rings. The summed E-state index contributed by atoms with van der Waals surface area (Å²) in [5, 5.41) is 3.59. The minimum Gasteiger partial charge on any atom is -0.378 e. The van der Waals surface area contributed by atoms with Gasteiger partial charge in [0.05, 0.1) is 17.0 Å². The van der Waals surface area contributed by atoms with Crippen molar-refractivity contribution in [2.45, 2.75) is 39.8 Å². The lowest BCUT2D eigenvalue weighted by Gasteiger charge is -2.22. The maximum absolute atomic E-state index is 14.3. The quantitative estimate of drug-likeness (QED) is 0.196. The molecule has 0 saturated heterocycles. The van der Waals surface area contributed by atoms with Crippen LogP contribution in [-0.4, -0.2) is 19.1 Å². The Hall–Kier alpha value is -4.94. The number of hydrogen-bond acceptors (Lipinski definition) is 5. The summed E-state index contributed by atoms with van der Waals surface area (Å²) >= 11 is 0. The molecule has 44 heavy (non-hydrogen) atoms. The van der Waals surface area contributed by atoms with Crippen LogP contribution in [-0.2, 0) is 7.05 Å². The van der Waals surface area contributed by atoms with Crippen molar-refractivity contribution in [1.29, 1.82) is 0 Å². The highest BCUT2D eigenvalue weighted by Crippen LogP contribution is 2.35. The number of pyridine rings is 2. The summed E-state index contributed by atoms with van der Waals surface area (Å²) in [4.78, 5) is 34.2. The van der Waals surface area contributed by atoms with Crippen LogP contribution >= 0.6 is 0 Å². The van der Waals surface area contributed by atoms with Crippen molar-refractivity contribution in [1.82, 2.24) is 19.1 Å². The highest BCUT2D eigenvalue weighted by atomic mass is 19.3. The topological polar surface area (TPSA) is 81.8 Å². The molecular formula is C31H25F6N5O2. The molecule has 0 saturated carbocycles. The highest BCUT2D eigenvalue weighted by Gasteiger charge is 2.24. The van der Waals surface area contributed by atoms with Crippen LogP contribution in [0, 0.1) is 25.5 Å². The molecule has 3 heterocycles. The molecule has 1 atom stereocenters. The number of fused-ring (bicyclic) bond motifs is 1. The monoisotopic (exact) mass is 613 g/mol. The summed E-state index contributed by atoms with van der Waals surface area (Å²) in [6.07, 6.45) is -0.629. The summed E-state index contributed by atoms with van der Waals surface area (Å²) in [6.45, 7) is 1.67. The first kappa shape index (κ1) is 30.5. The second-order valence-corrected chi connectivity index (χ2v) is 10.3. The largest absolute Gasteiger partial charge is 0.378 e. The summed E-state index contributed by atoms with van der Waals surface area (Å²) in [6, 6.07) is 8.82. The molecular weight excluding hydrogens is 588 g/mol. The van der Waals surface area contributed by atoms with E-state index in [0.717, 1.165) is 12.1 Å². The third-order valence-electron chi connectivity index (χ3n) is 7.40. The normalized spacial score (nSPS) is 12.4. The number of halogens is 6. The zero-order chi connectivity index (χ0) is 32.0. The van der Waals surface area contributed by atoms with Gasteiger partial charge in [-0.15, -0.1) is 0 Å². The van der Waals surface area contributed by atoms with E-state index in [4.69, 9.17) is 0 Å². The lowest BCUT2D eigenvalue weighted by atomic mass is 9.96. The Balaban J connectivity index is 1.61. The van der Waals surface area contributed by atoms with Gasteiger partial charge in [0, 0.05) is 47.7 Å². The van der Waals surface area contributed by atoms with Crippen molar-refractivity contribution in [3.63, 3.8) is 0 Å². The molecule has 0 aliphatic heterocycles. The standard InChI is InChI=1S/C31H25F6N5O2/c1-14-9-18(16(3)40-22-7-6-21(32)26(33)25(22)27(34)35)19-11-24(41(4)30(44)20(19)10-14)17-12-38-28(39-13-17)23-8-5-15(2)29(43)42(23)31(36)37/h5-13,16,27,31,40H,1-4H3. The first-order chi connectivity index (χ1) is 20.8. The summed E-state index contributed by atoms with van der Waals surface area (Å²) < 4.78 is 84.3. The Labute approximate surface area is 246 Å². The second kappa shape index (κ2) is 11.6. The van der Waals surface area contributed by atoms with E-state index in [-0.39, 0.29) is 22.8 Å². The Morgan fingerprint density at radius 2 is 1.52 bits per heavy atom. The van der Waals surface area contributed by atoms with Gasteiger partial charge in [-0.1, -0.05) is 12.1 Å². The van der Waals surface area contributed by atoms with Gasteiger partial charge in [-0.3, -0.25) is 9.59 Å². The fourth-order valence-corrected chi connectivity index (χ4v) is 5.16. The van der Waals surface area contributed by atoms with Gasteiger partial charge in [-0.2, -0.15) is 8.78 Å². The van der Waals surface area contributed by atoms with Gasteiger partial charge in [0.1, 0.15) is 0 Å².